The van der Waals surface area contributed by atoms with Gasteiger partial charge < -0.3 is 24.5 Å². The largest absolute Gasteiger partial charge is 0.508 e. The van der Waals surface area contributed by atoms with Crippen LogP contribution in [0.4, 0.5) is 17.1 Å². The van der Waals surface area contributed by atoms with Gasteiger partial charge in [-0.1, -0.05) is 0 Å². The predicted octanol–water partition coefficient (Wildman–Crippen LogP) is 2.35. The smallest absolute Gasteiger partial charge is 0.144 e. The molecule has 0 atom stereocenters. The summed E-state index contributed by atoms with van der Waals surface area (Å²) < 4.78 is 5.70. The molecule has 3 aliphatic heterocycles. The van der Waals surface area contributed by atoms with Crippen molar-refractivity contribution in [2.24, 2.45) is 0 Å². The summed E-state index contributed by atoms with van der Waals surface area (Å²) in [5, 5.41) is 13.3. The third kappa shape index (κ3) is 4.12. The minimum absolute atomic E-state index is 0.266. The van der Waals surface area contributed by atoms with Gasteiger partial charge in [0.25, 0.3) is 0 Å². The summed E-state index contributed by atoms with van der Waals surface area (Å²) in [4.78, 5) is 6.85. The van der Waals surface area contributed by atoms with E-state index in [2.05, 4.69) is 44.8 Å². The van der Waals surface area contributed by atoms with Gasteiger partial charge in [-0.05, 0) is 43.4 Å². The Morgan fingerprint density at radius 1 is 1.00 bits per heavy atom. The van der Waals surface area contributed by atoms with E-state index in [0.29, 0.717) is 6.54 Å². The van der Waals surface area contributed by atoms with E-state index in [1.165, 1.54) is 0 Å². The van der Waals surface area contributed by atoms with Crippen LogP contribution in [0.2, 0.25) is 0 Å². The van der Waals surface area contributed by atoms with Crippen LogP contribution >= 0.6 is 0 Å². The van der Waals surface area contributed by atoms with Gasteiger partial charge in [0.2, 0.25) is 0 Å². The standard InChI is InChI=1S/C23H29N7O2/c1-26-9-11-27(12-10-26)22-8-3-18(15-23(22)32-2)24-30-17-20-16-28(13-14-29(20)25-30)19-4-6-21(31)7-5-19/h3-8,13-15,17,24-25,31H,9-12,16H2,1-2H3. The number of phenolic OH excluding ortho intramolecular Hbond substituents is 1. The molecule has 0 unspecified atom stereocenters. The summed E-state index contributed by atoms with van der Waals surface area (Å²) in [6, 6.07) is 13.4. The number of likely N-dealkylation sites (N-methyl/N-ethyl adjacent to an activating group) is 1. The number of nitrogens with one attached hydrogen (secondary N) is 2. The Hall–Kier alpha value is -3.56. The fourth-order valence-electron chi connectivity index (χ4n) is 4.11. The van der Waals surface area contributed by atoms with E-state index in [1.54, 1.807) is 19.2 Å². The van der Waals surface area contributed by atoms with Gasteiger partial charge in [-0.2, -0.15) is 0 Å². The first kappa shape index (κ1) is 20.3. The van der Waals surface area contributed by atoms with Gasteiger partial charge in [0, 0.05) is 50.3 Å². The number of anilines is 3. The highest BCUT2D eigenvalue weighted by molar-refractivity contribution is 5.65. The molecule has 168 valence electrons. The molecule has 32 heavy (non-hydrogen) atoms. The molecule has 0 amide bonds. The van der Waals surface area contributed by atoms with Crippen molar-refractivity contribution >= 4 is 17.1 Å². The average Bonchev–Trinajstić information content (AvgIpc) is 3.21. The second-order valence-electron chi connectivity index (χ2n) is 8.19. The van der Waals surface area contributed by atoms with E-state index in [-0.39, 0.29) is 5.75 Å². The molecule has 3 aliphatic rings. The molecule has 9 heteroatoms. The third-order valence-electron chi connectivity index (χ3n) is 5.99. The van der Waals surface area contributed by atoms with Crippen molar-refractivity contribution in [1.29, 1.82) is 0 Å². The first-order chi connectivity index (χ1) is 15.6. The fraction of sp³-hybridized carbons (Fsp3) is 0.304. The van der Waals surface area contributed by atoms with Crippen LogP contribution in [0, 0.1) is 0 Å². The lowest BCUT2D eigenvalue weighted by atomic mass is 10.2. The zero-order valence-electron chi connectivity index (χ0n) is 18.4. The summed E-state index contributed by atoms with van der Waals surface area (Å²) in [6.45, 7) is 4.81. The van der Waals surface area contributed by atoms with Crippen molar-refractivity contribution in [3.63, 3.8) is 0 Å². The van der Waals surface area contributed by atoms with Gasteiger partial charge in [0.1, 0.15) is 11.5 Å². The number of fused-ring (bicyclic) bond motifs is 1. The van der Waals surface area contributed by atoms with E-state index in [1.807, 2.05) is 46.9 Å². The molecule has 9 nitrogen and oxygen atoms in total. The number of ether oxygens (including phenoxy) is 1. The molecule has 0 aliphatic carbocycles. The summed E-state index contributed by atoms with van der Waals surface area (Å²) in [6.07, 6.45) is 6.01. The van der Waals surface area contributed by atoms with Crippen LogP contribution in [0.3, 0.4) is 0 Å². The van der Waals surface area contributed by atoms with E-state index in [4.69, 9.17) is 4.74 Å². The topological polar surface area (TPSA) is 69.7 Å². The van der Waals surface area contributed by atoms with Crippen LogP contribution in [-0.4, -0.2) is 67.0 Å². The summed E-state index contributed by atoms with van der Waals surface area (Å²) in [7, 11) is 3.88. The van der Waals surface area contributed by atoms with Gasteiger partial charge in [-0.25, -0.2) is 5.12 Å². The first-order valence-corrected chi connectivity index (χ1v) is 10.8. The number of hydrogen-bond acceptors (Lipinski definition) is 9. The van der Waals surface area contributed by atoms with E-state index >= 15 is 0 Å². The molecular formula is C23H29N7O2. The van der Waals surface area contributed by atoms with E-state index in [0.717, 1.165) is 54.7 Å². The highest BCUT2D eigenvalue weighted by atomic mass is 16.5. The first-order valence-electron chi connectivity index (χ1n) is 10.8. The fourth-order valence-corrected chi connectivity index (χ4v) is 4.11. The highest BCUT2D eigenvalue weighted by Gasteiger charge is 2.25. The lowest BCUT2D eigenvalue weighted by molar-refractivity contribution is 0.198. The van der Waals surface area contributed by atoms with Crippen LogP contribution in [0.5, 0.6) is 11.5 Å². The molecule has 0 spiro atoms. The Bertz CT molecular complexity index is 1020. The van der Waals surface area contributed by atoms with Gasteiger partial charge >= 0.3 is 0 Å². The van der Waals surface area contributed by atoms with Crippen LogP contribution in [0.15, 0.2) is 66.8 Å². The molecule has 0 aromatic heterocycles. The van der Waals surface area contributed by atoms with Crippen LogP contribution < -0.4 is 25.5 Å². The predicted molar refractivity (Wildman–Crippen MR) is 126 cm³/mol. The SMILES string of the molecule is COc1cc(NN2C=C3CN(c4ccc(O)cc4)C=CN3N2)ccc1N1CCN(C)CC1. The molecule has 2 aromatic rings. The van der Waals surface area contributed by atoms with Crippen molar-refractivity contribution in [1.82, 2.24) is 20.6 Å². The number of piperazine rings is 1. The van der Waals surface area contributed by atoms with E-state index < -0.39 is 0 Å². The summed E-state index contributed by atoms with van der Waals surface area (Å²) in [5.74, 6) is 1.13. The Morgan fingerprint density at radius 3 is 2.53 bits per heavy atom. The second-order valence-corrected chi connectivity index (χ2v) is 8.19. The Kier molecular flexibility index (Phi) is 5.42. The number of methoxy groups -OCH3 is 1. The minimum atomic E-state index is 0.266. The number of hydrazine groups is 3. The van der Waals surface area contributed by atoms with Crippen molar-refractivity contribution in [3.8, 4) is 11.5 Å². The number of hydrogen-bond donors (Lipinski definition) is 3. The average molecular weight is 436 g/mol. The molecule has 1 fully saturated rings. The lowest BCUT2D eigenvalue weighted by Crippen LogP contribution is -2.44. The lowest BCUT2D eigenvalue weighted by Gasteiger charge is -2.35. The monoisotopic (exact) mass is 435 g/mol. The van der Waals surface area contributed by atoms with Gasteiger partial charge in [-0.3, -0.25) is 10.4 Å². The van der Waals surface area contributed by atoms with Crippen LogP contribution in [0.25, 0.3) is 0 Å². The minimum Gasteiger partial charge on any atom is -0.508 e. The number of phenols is 1. The number of benzene rings is 2. The quantitative estimate of drug-likeness (QED) is 0.657. The maximum absolute atomic E-state index is 9.52. The molecule has 2 aromatic carbocycles. The maximum atomic E-state index is 9.52. The van der Waals surface area contributed by atoms with Gasteiger partial charge in [0.05, 0.1) is 36.9 Å². The molecule has 3 heterocycles. The van der Waals surface area contributed by atoms with Crippen molar-refractivity contribution < 1.29 is 9.84 Å². The van der Waals surface area contributed by atoms with Crippen molar-refractivity contribution in [3.05, 3.63) is 66.8 Å². The molecule has 3 N–H and O–H groups in total. The highest BCUT2D eigenvalue weighted by Crippen LogP contribution is 2.32. The molecule has 0 bridgehead atoms. The van der Waals surface area contributed by atoms with Crippen LogP contribution in [-0.2, 0) is 0 Å². The van der Waals surface area contributed by atoms with Crippen LogP contribution in [0.1, 0.15) is 0 Å². The third-order valence-corrected chi connectivity index (χ3v) is 5.99. The number of nitrogens with zero attached hydrogens (tertiary/aromatic N) is 5. The zero-order chi connectivity index (χ0) is 22.1. The Labute approximate surface area is 188 Å². The Morgan fingerprint density at radius 2 is 1.78 bits per heavy atom. The number of rotatable bonds is 5. The van der Waals surface area contributed by atoms with Crippen molar-refractivity contribution in [2.75, 3.05) is 62.1 Å². The van der Waals surface area contributed by atoms with Gasteiger partial charge in [-0.15, -0.1) is 5.53 Å². The zero-order valence-corrected chi connectivity index (χ0v) is 18.4. The molecule has 0 saturated carbocycles. The summed E-state index contributed by atoms with van der Waals surface area (Å²) in [5.41, 5.74) is 10.9. The normalized spacial score (nSPS) is 18.6. The molecule has 1 saturated heterocycles. The van der Waals surface area contributed by atoms with Crippen molar-refractivity contribution in [2.45, 2.75) is 0 Å². The molecular weight excluding hydrogens is 406 g/mol. The maximum Gasteiger partial charge on any atom is 0.144 e. The van der Waals surface area contributed by atoms with Gasteiger partial charge in [0.15, 0.2) is 0 Å². The number of aromatic hydroxyl groups is 1. The Balaban J connectivity index is 1.26. The summed E-state index contributed by atoms with van der Waals surface area (Å²) >= 11 is 0. The molecule has 5 rings (SSSR count). The second kappa shape index (κ2) is 8.52. The molecule has 0 radical (unpaired) electrons. The van der Waals surface area contributed by atoms with E-state index in [9.17, 15) is 5.11 Å².